The molecular weight excluding hydrogens is 266 g/mol. The molecule has 0 aliphatic carbocycles. The third-order valence-corrected chi connectivity index (χ3v) is 4.63. The van der Waals surface area contributed by atoms with Gasteiger partial charge in [-0.25, -0.2) is 0 Å². The van der Waals surface area contributed by atoms with Gasteiger partial charge in [0.2, 0.25) is 5.91 Å². The number of nitrogens with one attached hydrogen (secondary N) is 1. The van der Waals surface area contributed by atoms with E-state index >= 15 is 0 Å². The summed E-state index contributed by atoms with van der Waals surface area (Å²) in [6, 6.07) is 6.19. The molecule has 0 unspecified atom stereocenters. The van der Waals surface area contributed by atoms with Crippen LogP contribution in [0.4, 0.5) is 0 Å². The molecule has 1 aromatic rings. The van der Waals surface area contributed by atoms with Gasteiger partial charge in [0.1, 0.15) is 5.75 Å². The van der Waals surface area contributed by atoms with Crippen LogP contribution in [-0.2, 0) is 16.0 Å². The van der Waals surface area contributed by atoms with Gasteiger partial charge in [-0.15, -0.1) is 0 Å². The van der Waals surface area contributed by atoms with E-state index in [9.17, 15) is 4.79 Å². The molecule has 0 aromatic heterocycles. The Balaban J connectivity index is 1.48. The normalized spacial score (nSPS) is 26.9. The number of rotatable bonds is 5. The fraction of sp³-hybridized carbons (Fsp3) is 0.588. The molecule has 1 aromatic carbocycles. The number of hydrogen-bond donors (Lipinski definition) is 1. The van der Waals surface area contributed by atoms with Gasteiger partial charge in [-0.05, 0) is 49.8 Å². The molecule has 2 fully saturated rings. The van der Waals surface area contributed by atoms with E-state index < -0.39 is 0 Å². The van der Waals surface area contributed by atoms with Gasteiger partial charge in [-0.2, -0.15) is 0 Å². The highest BCUT2D eigenvalue weighted by molar-refractivity contribution is 5.79. The molecule has 0 spiro atoms. The van der Waals surface area contributed by atoms with E-state index in [1.165, 1.54) is 5.56 Å². The van der Waals surface area contributed by atoms with Gasteiger partial charge in [0, 0.05) is 6.54 Å². The third kappa shape index (κ3) is 3.05. The van der Waals surface area contributed by atoms with E-state index in [-0.39, 0.29) is 17.9 Å². The number of carbonyl (C=O) groups is 1. The van der Waals surface area contributed by atoms with Crippen LogP contribution in [0.3, 0.4) is 0 Å². The van der Waals surface area contributed by atoms with Crippen LogP contribution in [0.25, 0.3) is 0 Å². The van der Waals surface area contributed by atoms with Crippen LogP contribution < -0.4 is 10.1 Å². The van der Waals surface area contributed by atoms with Gasteiger partial charge in [-0.3, -0.25) is 4.79 Å². The monoisotopic (exact) mass is 289 g/mol. The van der Waals surface area contributed by atoms with Crippen molar-refractivity contribution >= 4 is 5.91 Å². The summed E-state index contributed by atoms with van der Waals surface area (Å²) in [4.78, 5) is 12.2. The van der Waals surface area contributed by atoms with Crippen LogP contribution in [0.15, 0.2) is 18.2 Å². The predicted molar refractivity (Wildman–Crippen MR) is 80.4 cm³/mol. The maximum absolute atomic E-state index is 12.2. The maximum Gasteiger partial charge on any atom is 0.225 e. The summed E-state index contributed by atoms with van der Waals surface area (Å²) in [7, 11) is 1.68. The highest BCUT2D eigenvalue weighted by Crippen LogP contribution is 2.38. The van der Waals surface area contributed by atoms with E-state index in [1.54, 1.807) is 7.11 Å². The van der Waals surface area contributed by atoms with Gasteiger partial charge in [0.15, 0.2) is 0 Å². The lowest BCUT2D eigenvalue weighted by atomic mass is 9.88. The van der Waals surface area contributed by atoms with Crippen molar-refractivity contribution in [3.05, 3.63) is 29.3 Å². The Bertz CT molecular complexity index is 529. The first-order chi connectivity index (χ1) is 10.2. The second-order valence-electron chi connectivity index (χ2n) is 6.06. The molecule has 0 radical (unpaired) electrons. The zero-order valence-electron chi connectivity index (χ0n) is 12.7. The summed E-state index contributed by atoms with van der Waals surface area (Å²) in [6.45, 7) is 2.69. The van der Waals surface area contributed by atoms with E-state index in [1.807, 2.05) is 13.0 Å². The Morgan fingerprint density at radius 3 is 2.95 bits per heavy atom. The Hall–Kier alpha value is -1.55. The number of hydrogen-bond acceptors (Lipinski definition) is 3. The number of fused-ring (bicyclic) bond motifs is 2. The average molecular weight is 289 g/mol. The highest BCUT2D eigenvalue weighted by Gasteiger charge is 2.44. The molecule has 4 nitrogen and oxygen atoms in total. The Morgan fingerprint density at radius 2 is 2.29 bits per heavy atom. The van der Waals surface area contributed by atoms with E-state index in [4.69, 9.17) is 9.47 Å². The Kier molecular flexibility index (Phi) is 4.15. The van der Waals surface area contributed by atoms with Gasteiger partial charge in [0.05, 0.1) is 25.2 Å². The van der Waals surface area contributed by atoms with E-state index in [2.05, 4.69) is 17.4 Å². The standard InChI is InChI=1S/C17H23NO3/c1-11-3-4-12(9-16(11)20-2)7-8-18-17(19)14-10-13-5-6-15(14)21-13/h3-4,9,13-15H,5-8,10H2,1-2H3,(H,18,19)/t13-,14+,15-/m1/s1. The minimum Gasteiger partial charge on any atom is -0.496 e. The zero-order valence-corrected chi connectivity index (χ0v) is 12.7. The summed E-state index contributed by atoms with van der Waals surface area (Å²) in [5.41, 5.74) is 2.31. The maximum atomic E-state index is 12.2. The fourth-order valence-corrected chi connectivity index (χ4v) is 3.39. The smallest absolute Gasteiger partial charge is 0.225 e. The summed E-state index contributed by atoms with van der Waals surface area (Å²) in [5, 5.41) is 3.05. The molecule has 2 bridgehead atoms. The van der Waals surface area contributed by atoms with Crippen molar-refractivity contribution in [1.29, 1.82) is 0 Å². The topological polar surface area (TPSA) is 47.6 Å². The van der Waals surface area contributed by atoms with Crippen molar-refractivity contribution in [1.82, 2.24) is 5.32 Å². The van der Waals surface area contributed by atoms with Gasteiger partial charge in [-0.1, -0.05) is 12.1 Å². The average Bonchev–Trinajstić information content (AvgIpc) is 3.11. The van der Waals surface area contributed by atoms with Gasteiger partial charge >= 0.3 is 0 Å². The summed E-state index contributed by atoms with van der Waals surface area (Å²) in [6.07, 6.45) is 4.37. The largest absolute Gasteiger partial charge is 0.496 e. The molecule has 3 atom stereocenters. The lowest BCUT2D eigenvalue weighted by Gasteiger charge is -2.18. The third-order valence-electron chi connectivity index (χ3n) is 4.63. The molecule has 2 saturated heterocycles. The van der Waals surface area contributed by atoms with Crippen molar-refractivity contribution < 1.29 is 14.3 Å². The van der Waals surface area contributed by atoms with Crippen LogP contribution in [-0.4, -0.2) is 31.8 Å². The van der Waals surface area contributed by atoms with Crippen molar-refractivity contribution in [2.45, 2.75) is 44.8 Å². The molecule has 114 valence electrons. The molecule has 2 heterocycles. The van der Waals surface area contributed by atoms with Crippen LogP contribution in [0.1, 0.15) is 30.4 Å². The van der Waals surface area contributed by atoms with Crippen LogP contribution in [0.2, 0.25) is 0 Å². The number of carbonyl (C=O) groups excluding carboxylic acids is 1. The van der Waals surface area contributed by atoms with E-state index in [0.29, 0.717) is 12.6 Å². The zero-order chi connectivity index (χ0) is 14.8. The van der Waals surface area contributed by atoms with Crippen LogP contribution in [0.5, 0.6) is 5.75 Å². The molecular formula is C17H23NO3. The second-order valence-corrected chi connectivity index (χ2v) is 6.06. The summed E-state index contributed by atoms with van der Waals surface area (Å²) < 4.78 is 11.1. The minimum atomic E-state index is 0.0660. The summed E-state index contributed by atoms with van der Waals surface area (Å²) >= 11 is 0. The first kappa shape index (κ1) is 14.4. The molecule has 2 aliphatic heterocycles. The lowest BCUT2D eigenvalue weighted by Crippen LogP contribution is -2.37. The SMILES string of the molecule is COc1cc(CCNC(=O)[C@H]2C[C@H]3CC[C@H]2O3)ccc1C. The Labute approximate surface area is 125 Å². The number of ether oxygens (including phenoxy) is 2. The van der Waals surface area contributed by atoms with Gasteiger partial charge in [0.25, 0.3) is 0 Å². The van der Waals surface area contributed by atoms with Crippen molar-refractivity contribution in [3.8, 4) is 5.75 Å². The predicted octanol–water partition coefficient (Wildman–Crippen LogP) is 2.23. The molecule has 1 amide bonds. The van der Waals surface area contributed by atoms with Gasteiger partial charge < -0.3 is 14.8 Å². The fourth-order valence-electron chi connectivity index (χ4n) is 3.39. The van der Waals surface area contributed by atoms with Crippen molar-refractivity contribution in [3.63, 3.8) is 0 Å². The van der Waals surface area contributed by atoms with Crippen molar-refractivity contribution in [2.75, 3.05) is 13.7 Å². The molecule has 4 heteroatoms. The lowest BCUT2D eigenvalue weighted by molar-refractivity contribution is -0.126. The first-order valence-electron chi connectivity index (χ1n) is 7.74. The van der Waals surface area contributed by atoms with Crippen LogP contribution >= 0.6 is 0 Å². The Morgan fingerprint density at radius 1 is 1.43 bits per heavy atom. The number of aryl methyl sites for hydroxylation is 1. The first-order valence-corrected chi connectivity index (χ1v) is 7.74. The summed E-state index contributed by atoms with van der Waals surface area (Å²) in [5.74, 6) is 1.12. The quantitative estimate of drug-likeness (QED) is 0.904. The molecule has 1 N–H and O–H groups in total. The number of benzene rings is 1. The van der Waals surface area contributed by atoms with E-state index in [0.717, 1.165) is 37.0 Å². The molecule has 21 heavy (non-hydrogen) atoms. The minimum absolute atomic E-state index is 0.0660. The molecule has 3 rings (SSSR count). The molecule has 0 saturated carbocycles. The number of amides is 1. The van der Waals surface area contributed by atoms with Crippen molar-refractivity contribution in [2.24, 2.45) is 5.92 Å². The number of methoxy groups -OCH3 is 1. The second kappa shape index (κ2) is 6.06. The van der Waals surface area contributed by atoms with Crippen LogP contribution in [0, 0.1) is 12.8 Å². The molecule has 2 aliphatic rings. The highest BCUT2D eigenvalue weighted by atomic mass is 16.5.